The number of aryl methyl sites for hydroxylation is 1. The van der Waals surface area contributed by atoms with E-state index in [1.54, 1.807) is 46.4 Å². The lowest BCUT2D eigenvalue weighted by molar-refractivity contribution is -0.159. The molecular formula is C45H63N3O6. The maximum absolute atomic E-state index is 15.1. The highest BCUT2D eigenvalue weighted by molar-refractivity contribution is 5.94. The van der Waals surface area contributed by atoms with Gasteiger partial charge in [-0.25, -0.2) is 9.59 Å². The van der Waals surface area contributed by atoms with Gasteiger partial charge in [0.25, 0.3) is 0 Å². The van der Waals surface area contributed by atoms with Crippen molar-refractivity contribution in [3.63, 3.8) is 0 Å². The first-order valence-corrected chi connectivity index (χ1v) is 19.5. The summed E-state index contributed by atoms with van der Waals surface area (Å²) < 4.78 is 11.4. The molecule has 294 valence electrons. The summed E-state index contributed by atoms with van der Waals surface area (Å²) in [6.45, 7) is 17.0. The fraction of sp³-hybridized carbons (Fsp3) is 0.511. The van der Waals surface area contributed by atoms with Crippen LogP contribution in [-0.2, 0) is 36.7 Å². The number of hydrogen-bond donors (Lipinski definition) is 2. The van der Waals surface area contributed by atoms with Crippen LogP contribution in [-0.4, -0.2) is 58.6 Å². The lowest BCUT2D eigenvalue weighted by Crippen LogP contribution is -2.55. The monoisotopic (exact) mass is 741 g/mol. The number of hydrogen-bond acceptors (Lipinski definition) is 6. The van der Waals surface area contributed by atoms with E-state index in [1.165, 1.54) is 0 Å². The van der Waals surface area contributed by atoms with Gasteiger partial charge in [0.05, 0.1) is 0 Å². The Labute approximate surface area is 323 Å². The van der Waals surface area contributed by atoms with Crippen LogP contribution in [0, 0.1) is 13.8 Å². The van der Waals surface area contributed by atoms with Gasteiger partial charge in [0.1, 0.15) is 29.3 Å². The van der Waals surface area contributed by atoms with Gasteiger partial charge in [0.15, 0.2) is 0 Å². The topological polar surface area (TPSA) is 114 Å². The second-order valence-electron chi connectivity index (χ2n) is 16.2. The molecule has 3 aromatic rings. The maximum atomic E-state index is 15.1. The van der Waals surface area contributed by atoms with Crippen LogP contribution in [0.2, 0.25) is 0 Å². The highest BCUT2D eigenvalue weighted by atomic mass is 16.6. The van der Waals surface area contributed by atoms with Crippen molar-refractivity contribution in [3.05, 3.63) is 107 Å². The van der Waals surface area contributed by atoms with E-state index >= 15 is 4.79 Å². The fourth-order valence-electron chi connectivity index (χ4n) is 6.32. The molecule has 0 saturated carbocycles. The van der Waals surface area contributed by atoms with Crippen molar-refractivity contribution in [2.75, 3.05) is 6.54 Å². The molecule has 0 fully saturated rings. The van der Waals surface area contributed by atoms with Gasteiger partial charge in [-0.05, 0) is 89.6 Å². The van der Waals surface area contributed by atoms with Crippen LogP contribution in [0.4, 0.5) is 4.79 Å². The maximum Gasteiger partial charge on any atom is 0.408 e. The molecule has 0 aliphatic heterocycles. The Kier molecular flexibility index (Phi) is 16.8. The smallest absolute Gasteiger partial charge is 0.408 e. The number of carbonyl (C=O) groups is 4. The van der Waals surface area contributed by atoms with Crippen LogP contribution >= 0.6 is 0 Å². The summed E-state index contributed by atoms with van der Waals surface area (Å²) in [6, 6.07) is 21.4. The molecule has 0 radical (unpaired) electrons. The third kappa shape index (κ3) is 14.6. The Morgan fingerprint density at radius 1 is 0.648 bits per heavy atom. The molecule has 0 heterocycles. The summed E-state index contributed by atoms with van der Waals surface area (Å²) in [5.41, 5.74) is 2.56. The van der Waals surface area contributed by atoms with Crippen molar-refractivity contribution in [2.24, 2.45) is 0 Å². The van der Waals surface area contributed by atoms with Crippen molar-refractivity contribution in [1.82, 2.24) is 15.5 Å². The van der Waals surface area contributed by atoms with Crippen molar-refractivity contribution in [2.45, 2.75) is 143 Å². The second-order valence-corrected chi connectivity index (χ2v) is 16.2. The summed E-state index contributed by atoms with van der Waals surface area (Å²) in [7, 11) is 0. The number of rotatable bonds is 18. The molecule has 54 heavy (non-hydrogen) atoms. The third-order valence-electron chi connectivity index (χ3n) is 9.10. The van der Waals surface area contributed by atoms with Crippen LogP contribution in [0.25, 0.3) is 0 Å². The molecule has 3 amide bonds. The van der Waals surface area contributed by atoms with Crippen LogP contribution in [0.5, 0.6) is 0 Å². The van der Waals surface area contributed by atoms with E-state index in [0.717, 1.165) is 54.4 Å². The van der Waals surface area contributed by atoms with E-state index in [1.807, 2.05) is 92.7 Å². The standard InChI is InChI=1S/C45H63N3O6/c1-10-11-12-13-14-21-29-48(41(50)37(30-34-24-17-15-18-25-34)47-43(52)54-45(7,8)9)39(36-28-22-23-32(2)33(36)3)40(49)46-38(42(51)53-44(4,5)6)31-35-26-19-16-20-27-35/h15-20,22-28,37-39H,10-14,21,29-31H2,1-9H3,(H,46,49)(H,47,52). The van der Waals surface area contributed by atoms with Gasteiger partial charge in [-0.2, -0.15) is 0 Å². The molecule has 3 aromatic carbocycles. The number of nitrogens with one attached hydrogen (secondary N) is 2. The average molecular weight is 742 g/mol. The number of benzene rings is 3. The Hall–Kier alpha value is -4.66. The van der Waals surface area contributed by atoms with Crippen LogP contribution < -0.4 is 10.6 Å². The number of alkyl carbamates (subject to hydrolysis) is 1. The van der Waals surface area contributed by atoms with E-state index in [-0.39, 0.29) is 19.4 Å². The fourth-order valence-corrected chi connectivity index (χ4v) is 6.32. The van der Waals surface area contributed by atoms with Gasteiger partial charge >= 0.3 is 12.1 Å². The molecule has 0 spiro atoms. The summed E-state index contributed by atoms with van der Waals surface area (Å²) in [5.74, 6) is -1.50. The van der Waals surface area contributed by atoms with E-state index in [0.29, 0.717) is 12.0 Å². The van der Waals surface area contributed by atoms with Crippen molar-refractivity contribution in [3.8, 4) is 0 Å². The van der Waals surface area contributed by atoms with Gasteiger partial charge in [-0.1, -0.05) is 118 Å². The van der Waals surface area contributed by atoms with Crippen LogP contribution in [0.3, 0.4) is 0 Å². The first kappa shape index (κ1) is 43.7. The molecule has 3 unspecified atom stereocenters. The van der Waals surface area contributed by atoms with Crippen molar-refractivity contribution in [1.29, 1.82) is 0 Å². The normalized spacial score (nSPS) is 13.3. The minimum absolute atomic E-state index is 0.182. The Morgan fingerprint density at radius 3 is 1.74 bits per heavy atom. The quantitative estimate of drug-likeness (QED) is 0.0996. The number of unbranched alkanes of at least 4 members (excludes halogenated alkanes) is 5. The third-order valence-corrected chi connectivity index (χ3v) is 9.10. The van der Waals surface area contributed by atoms with E-state index in [4.69, 9.17) is 9.47 Å². The molecule has 0 bridgehead atoms. The molecule has 3 rings (SSSR count). The van der Waals surface area contributed by atoms with E-state index in [2.05, 4.69) is 17.6 Å². The predicted octanol–water partition coefficient (Wildman–Crippen LogP) is 8.74. The Morgan fingerprint density at radius 2 is 1.19 bits per heavy atom. The van der Waals surface area contributed by atoms with Gasteiger partial charge in [0.2, 0.25) is 11.8 Å². The summed E-state index contributed by atoms with van der Waals surface area (Å²) in [6.07, 6.45) is 5.48. The van der Waals surface area contributed by atoms with Gasteiger partial charge in [-0.3, -0.25) is 9.59 Å². The molecule has 0 aliphatic rings. The highest BCUT2D eigenvalue weighted by Crippen LogP contribution is 2.29. The zero-order chi connectivity index (χ0) is 39.9. The molecule has 0 saturated heterocycles. The van der Waals surface area contributed by atoms with E-state index < -0.39 is 53.2 Å². The summed E-state index contributed by atoms with van der Waals surface area (Å²) >= 11 is 0. The van der Waals surface area contributed by atoms with Crippen molar-refractivity contribution < 1.29 is 28.7 Å². The summed E-state index contributed by atoms with van der Waals surface area (Å²) in [5, 5.41) is 5.88. The molecular weight excluding hydrogens is 679 g/mol. The average Bonchev–Trinajstić information content (AvgIpc) is 3.09. The minimum Gasteiger partial charge on any atom is -0.458 e. The SMILES string of the molecule is CCCCCCCCN(C(=O)C(Cc1ccccc1)NC(=O)OC(C)(C)C)C(C(=O)NC(Cc1ccccc1)C(=O)OC(C)(C)C)c1cccc(C)c1C. The Balaban J connectivity index is 2.15. The highest BCUT2D eigenvalue weighted by Gasteiger charge is 2.39. The molecule has 9 nitrogen and oxygen atoms in total. The number of esters is 1. The summed E-state index contributed by atoms with van der Waals surface area (Å²) in [4.78, 5) is 58.7. The number of amides is 3. The minimum atomic E-state index is -1.12. The zero-order valence-electron chi connectivity index (χ0n) is 34.0. The number of carbonyl (C=O) groups excluding carboxylic acids is 4. The molecule has 3 atom stereocenters. The molecule has 0 aromatic heterocycles. The first-order chi connectivity index (χ1) is 25.5. The van der Waals surface area contributed by atoms with Crippen molar-refractivity contribution >= 4 is 23.9 Å². The number of nitrogens with zero attached hydrogens (tertiary/aromatic N) is 1. The zero-order valence-corrected chi connectivity index (χ0v) is 34.0. The second kappa shape index (κ2) is 20.7. The van der Waals surface area contributed by atoms with Gasteiger partial charge < -0.3 is 25.0 Å². The molecule has 2 N–H and O–H groups in total. The molecule has 9 heteroatoms. The first-order valence-electron chi connectivity index (χ1n) is 19.5. The van der Waals surface area contributed by atoms with Gasteiger partial charge in [0, 0.05) is 19.4 Å². The Bertz CT molecular complexity index is 1650. The van der Waals surface area contributed by atoms with E-state index in [9.17, 15) is 14.4 Å². The lowest BCUT2D eigenvalue weighted by atomic mass is 9.93. The van der Waals surface area contributed by atoms with Gasteiger partial charge in [-0.15, -0.1) is 0 Å². The number of ether oxygens (including phenoxy) is 2. The van der Waals surface area contributed by atoms with Crippen LogP contribution in [0.1, 0.15) is 121 Å². The largest absolute Gasteiger partial charge is 0.458 e. The predicted molar refractivity (Wildman–Crippen MR) is 215 cm³/mol. The lowest BCUT2D eigenvalue weighted by Gasteiger charge is -2.36. The van der Waals surface area contributed by atoms with Crippen LogP contribution in [0.15, 0.2) is 78.9 Å². The molecule has 0 aliphatic carbocycles.